The van der Waals surface area contributed by atoms with E-state index in [0.717, 1.165) is 35.5 Å². The number of hydrogen-bond acceptors (Lipinski definition) is 5. The van der Waals surface area contributed by atoms with Crippen LogP contribution in [0.3, 0.4) is 0 Å². The predicted molar refractivity (Wildman–Crippen MR) is 82.9 cm³/mol. The second-order valence-corrected chi connectivity index (χ2v) is 5.28. The normalized spacial score (nSPS) is 14.4. The van der Waals surface area contributed by atoms with Crippen LogP contribution < -0.4 is 5.32 Å². The Hall–Kier alpha value is 0.110. The van der Waals surface area contributed by atoms with Crippen molar-refractivity contribution < 1.29 is 0 Å². The lowest BCUT2D eigenvalue weighted by atomic mass is 10.6. The second-order valence-electron chi connectivity index (χ2n) is 3.09. The number of aromatic nitrogens is 2. The van der Waals surface area contributed by atoms with Crippen molar-refractivity contribution >= 4 is 52.7 Å². The van der Waals surface area contributed by atoms with E-state index in [1.54, 1.807) is 6.33 Å². The number of aliphatic imine (C=N–C) groups is 1. The fourth-order valence-electron chi connectivity index (χ4n) is 1.22. The molecular weight excluding hydrogens is 355 g/mol. The van der Waals surface area contributed by atoms with Gasteiger partial charge >= 0.3 is 0 Å². The van der Waals surface area contributed by atoms with Gasteiger partial charge in [0.05, 0.1) is 12.9 Å². The summed E-state index contributed by atoms with van der Waals surface area (Å²) in [6.45, 7) is 1.96. The van der Waals surface area contributed by atoms with Crippen LogP contribution in [-0.4, -0.2) is 39.7 Å². The minimum atomic E-state index is 0. The molecule has 1 aliphatic heterocycles. The highest BCUT2D eigenvalue weighted by molar-refractivity contribution is 14.0. The number of rotatable bonds is 5. The number of imidazole rings is 1. The van der Waals surface area contributed by atoms with Crippen LogP contribution in [0.15, 0.2) is 17.5 Å². The molecule has 0 spiro atoms. The van der Waals surface area contributed by atoms with Gasteiger partial charge in [-0.2, -0.15) is 11.8 Å². The molecular formula is C9H15IN4S2. The van der Waals surface area contributed by atoms with E-state index in [2.05, 4.69) is 20.3 Å². The van der Waals surface area contributed by atoms with Gasteiger partial charge in [0.25, 0.3) is 0 Å². The van der Waals surface area contributed by atoms with E-state index in [4.69, 9.17) is 0 Å². The highest BCUT2D eigenvalue weighted by Gasteiger charge is 2.04. The van der Waals surface area contributed by atoms with E-state index in [1.807, 2.05) is 29.7 Å². The van der Waals surface area contributed by atoms with Gasteiger partial charge in [0.15, 0.2) is 5.17 Å². The lowest BCUT2D eigenvalue weighted by Crippen LogP contribution is -2.21. The average Bonchev–Trinajstić information content (AvgIpc) is 2.88. The molecule has 1 aromatic heterocycles. The molecule has 0 fully saturated rings. The molecule has 0 aromatic carbocycles. The van der Waals surface area contributed by atoms with Gasteiger partial charge in [0.2, 0.25) is 0 Å². The molecule has 16 heavy (non-hydrogen) atoms. The predicted octanol–water partition coefficient (Wildman–Crippen LogP) is 1.95. The number of H-pyrrole nitrogens is 1. The van der Waals surface area contributed by atoms with Gasteiger partial charge in [-0.1, -0.05) is 11.8 Å². The third-order valence-electron chi connectivity index (χ3n) is 1.92. The quantitative estimate of drug-likeness (QED) is 0.615. The standard InChI is InChI=1S/C9H14N4S2.HI/c1(11-9-12-2-4-15-9)3-14-6-8-5-10-7-13-8;/h5,7H,1-4,6H2,(H,10,13)(H,11,12);1H. The van der Waals surface area contributed by atoms with E-state index in [-0.39, 0.29) is 24.0 Å². The number of nitrogens with zero attached hydrogens (tertiary/aromatic N) is 2. The van der Waals surface area contributed by atoms with Crippen LogP contribution in [0, 0.1) is 0 Å². The molecule has 0 saturated heterocycles. The van der Waals surface area contributed by atoms with Gasteiger partial charge in [0.1, 0.15) is 0 Å². The van der Waals surface area contributed by atoms with Crippen molar-refractivity contribution in [1.29, 1.82) is 0 Å². The Kier molecular flexibility index (Phi) is 7.30. The molecule has 0 bridgehead atoms. The first-order valence-electron chi connectivity index (χ1n) is 4.91. The van der Waals surface area contributed by atoms with Gasteiger partial charge in [-0.15, -0.1) is 24.0 Å². The van der Waals surface area contributed by atoms with Crippen molar-refractivity contribution in [3.63, 3.8) is 0 Å². The third kappa shape index (κ3) is 4.96. The molecule has 2 rings (SSSR count). The van der Waals surface area contributed by atoms with Crippen LogP contribution in [0.4, 0.5) is 0 Å². The number of thioether (sulfide) groups is 2. The first-order chi connectivity index (χ1) is 7.45. The fourth-order valence-corrected chi connectivity index (χ4v) is 2.75. The van der Waals surface area contributed by atoms with Gasteiger partial charge < -0.3 is 10.3 Å². The number of halogens is 1. The van der Waals surface area contributed by atoms with Crippen LogP contribution in [0.5, 0.6) is 0 Å². The molecule has 0 radical (unpaired) electrons. The zero-order chi connectivity index (χ0) is 10.3. The number of amidine groups is 1. The van der Waals surface area contributed by atoms with E-state index < -0.39 is 0 Å². The van der Waals surface area contributed by atoms with Gasteiger partial charge in [-0.25, -0.2) is 4.98 Å². The minimum absolute atomic E-state index is 0. The molecule has 0 unspecified atom stereocenters. The van der Waals surface area contributed by atoms with Crippen molar-refractivity contribution in [1.82, 2.24) is 15.3 Å². The summed E-state index contributed by atoms with van der Waals surface area (Å²) in [6, 6.07) is 0. The van der Waals surface area contributed by atoms with E-state index in [9.17, 15) is 0 Å². The van der Waals surface area contributed by atoms with Crippen molar-refractivity contribution in [2.75, 3.05) is 24.6 Å². The summed E-state index contributed by atoms with van der Waals surface area (Å²) in [5.41, 5.74) is 1.19. The maximum atomic E-state index is 4.33. The molecule has 1 aliphatic rings. The van der Waals surface area contributed by atoms with Crippen LogP contribution in [0.2, 0.25) is 0 Å². The molecule has 1 aromatic rings. The van der Waals surface area contributed by atoms with Crippen LogP contribution >= 0.6 is 47.5 Å². The monoisotopic (exact) mass is 370 g/mol. The summed E-state index contributed by atoms with van der Waals surface area (Å²) < 4.78 is 0. The Balaban J connectivity index is 0.00000128. The zero-order valence-electron chi connectivity index (χ0n) is 8.81. The Bertz CT molecular complexity index is 315. The maximum absolute atomic E-state index is 4.33. The highest BCUT2D eigenvalue weighted by Crippen LogP contribution is 2.10. The molecule has 0 amide bonds. The van der Waals surface area contributed by atoms with Crippen molar-refractivity contribution in [2.45, 2.75) is 5.75 Å². The van der Waals surface area contributed by atoms with Gasteiger partial charge in [-0.05, 0) is 0 Å². The molecule has 0 saturated carbocycles. The smallest absolute Gasteiger partial charge is 0.156 e. The second kappa shape index (κ2) is 8.24. The SMILES string of the molecule is I.c1ncc(CSCCNC2=NCCS2)[nH]1. The average molecular weight is 370 g/mol. The number of nitrogens with one attached hydrogen (secondary N) is 2. The van der Waals surface area contributed by atoms with E-state index in [1.165, 1.54) is 5.69 Å². The summed E-state index contributed by atoms with van der Waals surface area (Å²) in [4.78, 5) is 11.4. The highest BCUT2D eigenvalue weighted by atomic mass is 127. The Labute approximate surface area is 121 Å². The lowest BCUT2D eigenvalue weighted by molar-refractivity contribution is 0.983. The van der Waals surface area contributed by atoms with Gasteiger partial charge in [-0.3, -0.25) is 4.99 Å². The molecule has 2 heterocycles. The number of aromatic amines is 1. The van der Waals surface area contributed by atoms with Gasteiger partial charge in [0, 0.05) is 35.7 Å². The van der Waals surface area contributed by atoms with E-state index in [0.29, 0.717) is 0 Å². The third-order valence-corrected chi connectivity index (χ3v) is 3.86. The molecule has 0 atom stereocenters. The lowest BCUT2D eigenvalue weighted by Gasteiger charge is -2.03. The van der Waals surface area contributed by atoms with Crippen molar-refractivity contribution in [2.24, 2.45) is 4.99 Å². The maximum Gasteiger partial charge on any atom is 0.156 e. The Morgan fingerprint density at radius 1 is 1.56 bits per heavy atom. The summed E-state index contributed by atoms with van der Waals surface area (Å²) in [5, 5.41) is 4.44. The molecule has 90 valence electrons. The number of hydrogen-bond donors (Lipinski definition) is 2. The summed E-state index contributed by atoms with van der Waals surface area (Å²) in [5.74, 6) is 3.23. The summed E-state index contributed by atoms with van der Waals surface area (Å²) >= 11 is 3.71. The first-order valence-corrected chi connectivity index (χ1v) is 7.05. The van der Waals surface area contributed by atoms with Crippen molar-refractivity contribution in [3.8, 4) is 0 Å². The Morgan fingerprint density at radius 2 is 2.50 bits per heavy atom. The first kappa shape index (κ1) is 14.2. The molecule has 4 nitrogen and oxygen atoms in total. The molecule has 0 aliphatic carbocycles. The Morgan fingerprint density at radius 3 is 3.19 bits per heavy atom. The van der Waals surface area contributed by atoms with Crippen LogP contribution in [0.1, 0.15) is 5.69 Å². The van der Waals surface area contributed by atoms with Crippen LogP contribution in [0.25, 0.3) is 0 Å². The minimum Gasteiger partial charge on any atom is -0.364 e. The largest absolute Gasteiger partial charge is 0.364 e. The zero-order valence-corrected chi connectivity index (χ0v) is 12.8. The molecule has 2 N–H and O–H groups in total. The molecule has 7 heteroatoms. The topological polar surface area (TPSA) is 53.1 Å². The summed E-state index contributed by atoms with van der Waals surface area (Å²) in [6.07, 6.45) is 3.59. The van der Waals surface area contributed by atoms with Crippen LogP contribution in [-0.2, 0) is 5.75 Å². The fraction of sp³-hybridized carbons (Fsp3) is 0.556. The van der Waals surface area contributed by atoms with Crippen molar-refractivity contribution in [3.05, 3.63) is 18.2 Å². The van der Waals surface area contributed by atoms with E-state index >= 15 is 0 Å². The summed E-state index contributed by atoms with van der Waals surface area (Å²) in [7, 11) is 0.